The maximum absolute atomic E-state index is 6.12. The van der Waals surface area contributed by atoms with Gasteiger partial charge in [-0.3, -0.25) is 0 Å². The van der Waals surface area contributed by atoms with Crippen molar-refractivity contribution in [3.8, 4) is 5.75 Å². The normalized spacial score (nSPS) is 10.5. The molecular weight excluding hydrogens is 415 g/mol. The maximum Gasteiger partial charge on any atom is 0.120 e. The summed E-state index contributed by atoms with van der Waals surface area (Å²) in [5.41, 5.74) is 2.01. The zero-order valence-corrected chi connectivity index (χ0v) is 14.5. The SMILES string of the molecule is Clc1cccc(COc2ccc(Br)c(CBr)c2)c1Cl. The van der Waals surface area contributed by atoms with Crippen LogP contribution in [0.1, 0.15) is 11.1 Å². The Morgan fingerprint density at radius 3 is 2.58 bits per heavy atom. The van der Waals surface area contributed by atoms with Crippen LogP contribution in [-0.4, -0.2) is 0 Å². The van der Waals surface area contributed by atoms with Crippen molar-refractivity contribution in [2.45, 2.75) is 11.9 Å². The maximum atomic E-state index is 6.12. The molecule has 0 amide bonds. The second kappa shape index (κ2) is 6.98. The first kappa shape index (κ1) is 15.2. The first-order valence-corrected chi connectivity index (χ1v) is 8.19. The number of hydrogen-bond donors (Lipinski definition) is 0. The first-order chi connectivity index (χ1) is 9.11. The lowest BCUT2D eigenvalue weighted by Crippen LogP contribution is -1.97. The van der Waals surface area contributed by atoms with E-state index in [0.717, 1.165) is 26.7 Å². The van der Waals surface area contributed by atoms with E-state index in [0.29, 0.717) is 16.7 Å². The van der Waals surface area contributed by atoms with Gasteiger partial charge < -0.3 is 4.74 Å². The van der Waals surface area contributed by atoms with Gasteiger partial charge in [-0.2, -0.15) is 0 Å². The predicted octanol–water partition coefficient (Wildman–Crippen LogP) is 6.23. The van der Waals surface area contributed by atoms with Gasteiger partial charge in [0, 0.05) is 15.4 Å². The lowest BCUT2D eigenvalue weighted by atomic mass is 10.2. The van der Waals surface area contributed by atoms with Crippen LogP contribution in [0.15, 0.2) is 40.9 Å². The Bertz CT molecular complexity index is 588. The van der Waals surface area contributed by atoms with Gasteiger partial charge in [0.1, 0.15) is 12.4 Å². The number of halogens is 4. The molecule has 0 saturated carbocycles. The minimum Gasteiger partial charge on any atom is -0.489 e. The van der Waals surface area contributed by atoms with E-state index in [1.54, 1.807) is 6.07 Å². The van der Waals surface area contributed by atoms with Crippen molar-refractivity contribution in [2.24, 2.45) is 0 Å². The van der Waals surface area contributed by atoms with Gasteiger partial charge in [-0.1, -0.05) is 67.2 Å². The van der Waals surface area contributed by atoms with Crippen LogP contribution in [0.4, 0.5) is 0 Å². The molecule has 0 aliphatic rings. The van der Waals surface area contributed by atoms with E-state index in [2.05, 4.69) is 31.9 Å². The molecule has 5 heteroatoms. The highest BCUT2D eigenvalue weighted by atomic mass is 79.9. The molecule has 0 aliphatic carbocycles. The van der Waals surface area contributed by atoms with Crippen molar-refractivity contribution < 1.29 is 4.74 Å². The molecule has 2 aromatic rings. The van der Waals surface area contributed by atoms with Gasteiger partial charge in [-0.15, -0.1) is 0 Å². The van der Waals surface area contributed by atoms with Gasteiger partial charge >= 0.3 is 0 Å². The zero-order valence-electron chi connectivity index (χ0n) is 9.80. The number of hydrogen-bond acceptors (Lipinski definition) is 1. The van der Waals surface area contributed by atoms with Crippen LogP contribution in [0, 0.1) is 0 Å². The quantitative estimate of drug-likeness (QED) is 0.528. The van der Waals surface area contributed by atoms with E-state index in [1.807, 2.05) is 30.3 Å². The molecule has 0 N–H and O–H groups in total. The number of ether oxygens (including phenoxy) is 1. The average molecular weight is 425 g/mol. The molecule has 0 saturated heterocycles. The Kier molecular flexibility index (Phi) is 5.58. The Balaban J connectivity index is 2.12. The molecule has 19 heavy (non-hydrogen) atoms. The smallest absolute Gasteiger partial charge is 0.120 e. The fraction of sp³-hybridized carbons (Fsp3) is 0.143. The molecule has 100 valence electrons. The molecule has 2 aromatic carbocycles. The van der Waals surface area contributed by atoms with Crippen LogP contribution < -0.4 is 4.74 Å². The molecule has 0 atom stereocenters. The highest BCUT2D eigenvalue weighted by Gasteiger charge is 2.06. The minimum atomic E-state index is 0.392. The number of alkyl halides is 1. The van der Waals surface area contributed by atoms with Gasteiger partial charge in [0.05, 0.1) is 10.0 Å². The van der Waals surface area contributed by atoms with Crippen LogP contribution in [0.5, 0.6) is 5.75 Å². The summed E-state index contributed by atoms with van der Waals surface area (Å²) in [6.45, 7) is 0.392. The summed E-state index contributed by atoms with van der Waals surface area (Å²) in [6.07, 6.45) is 0. The molecule has 0 fully saturated rings. The Labute approximate surface area is 139 Å². The van der Waals surface area contributed by atoms with Gasteiger partial charge in [0.15, 0.2) is 0 Å². The summed E-state index contributed by atoms with van der Waals surface area (Å²) in [5.74, 6) is 0.800. The molecular formula is C14H10Br2Cl2O. The lowest BCUT2D eigenvalue weighted by molar-refractivity contribution is 0.306. The Morgan fingerprint density at radius 2 is 1.84 bits per heavy atom. The van der Waals surface area contributed by atoms with Gasteiger partial charge in [-0.25, -0.2) is 0 Å². The fourth-order valence-electron chi connectivity index (χ4n) is 1.56. The van der Waals surface area contributed by atoms with Crippen LogP contribution in [0.25, 0.3) is 0 Å². The second-order valence-electron chi connectivity index (χ2n) is 3.89. The van der Waals surface area contributed by atoms with E-state index in [9.17, 15) is 0 Å². The van der Waals surface area contributed by atoms with Crippen LogP contribution in [0.3, 0.4) is 0 Å². The van der Waals surface area contributed by atoms with Crippen molar-refractivity contribution in [1.82, 2.24) is 0 Å². The van der Waals surface area contributed by atoms with E-state index < -0.39 is 0 Å². The van der Waals surface area contributed by atoms with Crippen molar-refractivity contribution in [3.05, 3.63) is 62.0 Å². The van der Waals surface area contributed by atoms with Crippen molar-refractivity contribution in [1.29, 1.82) is 0 Å². The lowest BCUT2D eigenvalue weighted by Gasteiger charge is -2.10. The van der Waals surface area contributed by atoms with Crippen molar-refractivity contribution in [2.75, 3.05) is 0 Å². The molecule has 0 heterocycles. The molecule has 0 radical (unpaired) electrons. The van der Waals surface area contributed by atoms with Crippen LogP contribution in [-0.2, 0) is 11.9 Å². The number of benzene rings is 2. The molecule has 1 nitrogen and oxygen atoms in total. The monoisotopic (exact) mass is 422 g/mol. The third kappa shape index (κ3) is 3.88. The van der Waals surface area contributed by atoms with Crippen molar-refractivity contribution >= 4 is 55.1 Å². The van der Waals surface area contributed by atoms with Gasteiger partial charge in [-0.05, 0) is 29.8 Å². The summed E-state index contributed by atoms with van der Waals surface area (Å²) >= 11 is 19.0. The summed E-state index contributed by atoms with van der Waals surface area (Å²) in [6, 6.07) is 11.4. The molecule has 0 unspecified atom stereocenters. The first-order valence-electron chi connectivity index (χ1n) is 5.52. The fourth-order valence-corrected chi connectivity index (χ4v) is 3.17. The number of rotatable bonds is 4. The topological polar surface area (TPSA) is 9.23 Å². The van der Waals surface area contributed by atoms with E-state index in [4.69, 9.17) is 27.9 Å². The summed E-state index contributed by atoms with van der Waals surface area (Å²) in [4.78, 5) is 0. The Hall–Kier alpha value is -0.220. The van der Waals surface area contributed by atoms with E-state index in [1.165, 1.54) is 0 Å². The minimum absolute atomic E-state index is 0.392. The third-order valence-corrected chi connectivity index (χ3v) is 4.82. The second-order valence-corrected chi connectivity index (χ2v) is 6.09. The predicted molar refractivity (Wildman–Crippen MR) is 87.6 cm³/mol. The average Bonchev–Trinajstić information content (AvgIpc) is 2.42. The summed E-state index contributed by atoms with van der Waals surface area (Å²) < 4.78 is 6.79. The molecule has 0 aromatic heterocycles. The van der Waals surface area contributed by atoms with Gasteiger partial charge in [0.2, 0.25) is 0 Å². The summed E-state index contributed by atoms with van der Waals surface area (Å²) in [7, 11) is 0. The van der Waals surface area contributed by atoms with Crippen LogP contribution in [0.2, 0.25) is 10.0 Å². The zero-order chi connectivity index (χ0) is 13.8. The summed E-state index contributed by atoms with van der Waals surface area (Å²) in [5, 5.41) is 1.85. The molecule has 0 aliphatic heterocycles. The van der Waals surface area contributed by atoms with E-state index in [-0.39, 0.29) is 0 Å². The largest absolute Gasteiger partial charge is 0.489 e. The molecule has 0 spiro atoms. The molecule has 0 bridgehead atoms. The highest BCUT2D eigenvalue weighted by molar-refractivity contribution is 9.10. The van der Waals surface area contributed by atoms with Crippen molar-refractivity contribution in [3.63, 3.8) is 0 Å². The third-order valence-electron chi connectivity index (χ3n) is 2.59. The highest BCUT2D eigenvalue weighted by Crippen LogP contribution is 2.28. The van der Waals surface area contributed by atoms with Crippen LogP contribution >= 0.6 is 55.1 Å². The molecule has 2 rings (SSSR count). The van der Waals surface area contributed by atoms with Gasteiger partial charge in [0.25, 0.3) is 0 Å². The Morgan fingerprint density at radius 1 is 1.05 bits per heavy atom. The van der Waals surface area contributed by atoms with E-state index >= 15 is 0 Å². The standard InChI is InChI=1S/C14H10Br2Cl2O/c15-7-10-6-11(4-5-12(10)16)19-8-9-2-1-3-13(17)14(9)18/h1-6H,7-8H2.